The number of nitrogens with zero attached hydrogens (tertiary/aromatic N) is 4. The number of fused-ring (bicyclic) bond motifs is 2. The van der Waals surface area contributed by atoms with E-state index in [1.54, 1.807) is 18.3 Å². The fourth-order valence-electron chi connectivity index (χ4n) is 3.62. The van der Waals surface area contributed by atoms with Gasteiger partial charge in [0, 0.05) is 41.8 Å². The van der Waals surface area contributed by atoms with Gasteiger partial charge in [0.25, 0.3) is 0 Å². The maximum absolute atomic E-state index is 13.2. The SMILES string of the molecule is Fc1ccc(-c2cc3nc4c(c(NCc5cccnc5)n3n2)CCC4)cc1. The molecule has 5 nitrogen and oxygen atoms in total. The molecular formula is C21H18FN5. The Morgan fingerprint density at radius 1 is 1.11 bits per heavy atom. The van der Waals surface area contributed by atoms with Gasteiger partial charge in [-0.15, -0.1) is 0 Å². The van der Waals surface area contributed by atoms with Crippen LogP contribution in [0.15, 0.2) is 54.9 Å². The highest BCUT2D eigenvalue weighted by molar-refractivity contribution is 5.67. The van der Waals surface area contributed by atoms with E-state index in [9.17, 15) is 4.39 Å². The van der Waals surface area contributed by atoms with Gasteiger partial charge in [-0.25, -0.2) is 9.37 Å². The van der Waals surface area contributed by atoms with Gasteiger partial charge in [-0.05, 0) is 55.2 Å². The summed E-state index contributed by atoms with van der Waals surface area (Å²) in [5, 5.41) is 8.29. The lowest BCUT2D eigenvalue weighted by Crippen LogP contribution is -2.10. The van der Waals surface area contributed by atoms with Crippen LogP contribution in [0.1, 0.15) is 23.2 Å². The first-order valence-corrected chi connectivity index (χ1v) is 9.08. The van der Waals surface area contributed by atoms with Crippen molar-refractivity contribution in [2.45, 2.75) is 25.8 Å². The Labute approximate surface area is 155 Å². The van der Waals surface area contributed by atoms with Crippen LogP contribution in [0.4, 0.5) is 10.2 Å². The fraction of sp³-hybridized carbons (Fsp3) is 0.190. The average Bonchev–Trinajstić information content (AvgIpc) is 3.33. The first-order chi connectivity index (χ1) is 13.3. The smallest absolute Gasteiger partial charge is 0.158 e. The third-order valence-electron chi connectivity index (χ3n) is 4.95. The molecular weight excluding hydrogens is 341 g/mol. The van der Waals surface area contributed by atoms with Crippen LogP contribution in [0.2, 0.25) is 0 Å². The van der Waals surface area contributed by atoms with Gasteiger partial charge in [-0.1, -0.05) is 6.07 Å². The number of hydrogen-bond acceptors (Lipinski definition) is 4. The van der Waals surface area contributed by atoms with E-state index in [4.69, 9.17) is 10.1 Å². The lowest BCUT2D eigenvalue weighted by molar-refractivity contribution is 0.628. The first-order valence-electron chi connectivity index (χ1n) is 9.08. The quantitative estimate of drug-likeness (QED) is 0.598. The maximum Gasteiger partial charge on any atom is 0.158 e. The first kappa shape index (κ1) is 15.9. The molecule has 0 bridgehead atoms. The summed E-state index contributed by atoms with van der Waals surface area (Å²) >= 11 is 0. The lowest BCUT2D eigenvalue weighted by Gasteiger charge is -2.13. The minimum absolute atomic E-state index is 0.251. The highest BCUT2D eigenvalue weighted by Crippen LogP contribution is 2.30. The van der Waals surface area contributed by atoms with Crippen molar-refractivity contribution >= 4 is 11.5 Å². The Balaban J connectivity index is 1.58. The molecule has 0 radical (unpaired) electrons. The predicted octanol–water partition coefficient (Wildman–Crippen LogP) is 4.03. The van der Waals surface area contributed by atoms with E-state index in [0.29, 0.717) is 6.54 Å². The third-order valence-corrected chi connectivity index (χ3v) is 4.95. The molecule has 6 heteroatoms. The largest absolute Gasteiger partial charge is 0.366 e. The molecule has 0 amide bonds. The second-order valence-electron chi connectivity index (χ2n) is 6.76. The van der Waals surface area contributed by atoms with Gasteiger partial charge in [0.05, 0.1) is 5.69 Å². The van der Waals surface area contributed by atoms with Crippen molar-refractivity contribution in [2.24, 2.45) is 0 Å². The summed E-state index contributed by atoms with van der Waals surface area (Å²) in [4.78, 5) is 8.99. The number of halogens is 1. The van der Waals surface area contributed by atoms with Gasteiger partial charge in [-0.3, -0.25) is 4.98 Å². The van der Waals surface area contributed by atoms with Crippen molar-refractivity contribution in [1.29, 1.82) is 0 Å². The van der Waals surface area contributed by atoms with Gasteiger partial charge in [0.1, 0.15) is 11.6 Å². The molecule has 27 heavy (non-hydrogen) atoms. The van der Waals surface area contributed by atoms with Crippen LogP contribution in [0.3, 0.4) is 0 Å². The number of aryl methyl sites for hydroxylation is 1. The second kappa shape index (κ2) is 6.46. The van der Waals surface area contributed by atoms with Crippen molar-refractivity contribution in [3.8, 4) is 11.3 Å². The maximum atomic E-state index is 13.2. The highest BCUT2D eigenvalue weighted by Gasteiger charge is 2.21. The summed E-state index contributed by atoms with van der Waals surface area (Å²) in [6, 6.07) is 12.3. The Kier molecular flexibility index (Phi) is 3.81. The Morgan fingerprint density at radius 2 is 2.00 bits per heavy atom. The molecule has 0 fully saturated rings. The summed E-state index contributed by atoms with van der Waals surface area (Å²) in [6.07, 6.45) is 6.73. The van der Waals surface area contributed by atoms with Crippen molar-refractivity contribution in [1.82, 2.24) is 19.6 Å². The van der Waals surface area contributed by atoms with Gasteiger partial charge in [-0.2, -0.15) is 9.61 Å². The highest BCUT2D eigenvalue weighted by atomic mass is 19.1. The van der Waals surface area contributed by atoms with E-state index < -0.39 is 0 Å². The van der Waals surface area contributed by atoms with E-state index in [2.05, 4.69) is 10.3 Å². The van der Waals surface area contributed by atoms with E-state index in [-0.39, 0.29) is 5.82 Å². The van der Waals surface area contributed by atoms with E-state index in [1.807, 2.05) is 28.9 Å². The zero-order valence-corrected chi connectivity index (χ0v) is 14.7. The Hall–Kier alpha value is -3.28. The average molecular weight is 359 g/mol. The number of nitrogens with one attached hydrogen (secondary N) is 1. The molecule has 3 aromatic heterocycles. The Bertz CT molecular complexity index is 1100. The van der Waals surface area contributed by atoms with Crippen molar-refractivity contribution in [3.63, 3.8) is 0 Å². The zero-order valence-electron chi connectivity index (χ0n) is 14.7. The van der Waals surface area contributed by atoms with Gasteiger partial charge < -0.3 is 5.32 Å². The molecule has 3 heterocycles. The van der Waals surface area contributed by atoms with Crippen molar-refractivity contribution in [3.05, 3.63) is 77.5 Å². The standard InChI is InChI=1S/C21H18FN5/c22-16-8-6-15(7-9-16)19-11-20-25-18-5-1-4-17(18)21(27(20)26-19)24-13-14-3-2-10-23-12-14/h2-3,6-12,24H,1,4-5,13H2. The topological polar surface area (TPSA) is 55.1 Å². The molecule has 5 rings (SSSR count). The van der Waals surface area contributed by atoms with E-state index in [0.717, 1.165) is 53.2 Å². The molecule has 0 saturated carbocycles. The molecule has 1 aromatic carbocycles. The van der Waals surface area contributed by atoms with Gasteiger partial charge in [0.2, 0.25) is 0 Å². The monoisotopic (exact) mass is 359 g/mol. The van der Waals surface area contributed by atoms with Crippen LogP contribution in [0.5, 0.6) is 0 Å². The Morgan fingerprint density at radius 3 is 2.81 bits per heavy atom. The zero-order chi connectivity index (χ0) is 18.2. The molecule has 0 saturated heterocycles. The van der Waals surface area contributed by atoms with Crippen LogP contribution in [-0.4, -0.2) is 19.6 Å². The summed E-state index contributed by atoms with van der Waals surface area (Å²) in [7, 11) is 0. The number of benzene rings is 1. The minimum atomic E-state index is -0.251. The molecule has 134 valence electrons. The summed E-state index contributed by atoms with van der Waals surface area (Å²) in [5.74, 6) is 0.739. The predicted molar refractivity (Wildman–Crippen MR) is 102 cm³/mol. The van der Waals surface area contributed by atoms with Gasteiger partial charge >= 0.3 is 0 Å². The molecule has 4 aromatic rings. The van der Waals surface area contributed by atoms with Crippen LogP contribution in [0, 0.1) is 5.82 Å². The molecule has 1 aliphatic rings. The fourth-order valence-corrected chi connectivity index (χ4v) is 3.62. The lowest BCUT2D eigenvalue weighted by atomic mass is 10.1. The molecule has 0 spiro atoms. The summed E-state index contributed by atoms with van der Waals surface area (Å²) in [5.41, 5.74) is 5.96. The molecule has 1 aliphatic carbocycles. The number of hydrogen-bond donors (Lipinski definition) is 1. The summed E-state index contributed by atoms with van der Waals surface area (Å²) < 4.78 is 15.1. The van der Waals surface area contributed by atoms with Crippen molar-refractivity contribution in [2.75, 3.05) is 5.32 Å². The van der Waals surface area contributed by atoms with Crippen LogP contribution >= 0.6 is 0 Å². The molecule has 0 aliphatic heterocycles. The molecule has 0 unspecified atom stereocenters. The number of pyridine rings is 1. The van der Waals surface area contributed by atoms with Crippen molar-refractivity contribution < 1.29 is 4.39 Å². The number of rotatable bonds is 4. The summed E-state index contributed by atoms with van der Waals surface area (Å²) in [6.45, 7) is 0.672. The van der Waals surface area contributed by atoms with Crippen LogP contribution in [-0.2, 0) is 19.4 Å². The number of aromatic nitrogens is 4. The molecule has 1 N–H and O–H groups in total. The molecule has 0 atom stereocenters. The van der Waals surface area contributed by atoms with E-state index in [1.165, 1.54) is 17.7 Å². The van der Waals surface area contributed by atoms with Gasteiger partial charge in [0.15, 0.2) is 5.65 Å². The van der Waals surface area contributed by atoms with Crippen LogP contribution in [0.25, 0.3) is 16.9 Å². The number of anilines is 1. The normalized spacial score (nSPS) is 13.1. The second-order valence-corrected chi connectivity index (χ2v) is 6.76. The van der Waals surface area contributed by atoms with E-state index >= 15 is 0 Å². The minimum Gasteiger partial charge on any atom is -0.366 e. The third kappa shape index (κ3) is 2.93. The van der Waals surface area contributed by atoms with Crippen LogP contribution < -0.4 is 5.32 Å².